The quantitative estimate of drug-likeness (QED) is 0.447. The van der Waals surface area contributed by atoms with Gasteiger partial charge in [-0.2, -0.15) is 5.10 Å². The standard InChI is InChI=1S/C20H19ClFN5O/c1-12(2)23-20(25-19(28)14-4-3-5-16(22)10-14)24-18-11-17(26-27-18)13-6-8-15(21)9-7-13/h3-12H,1-2H3,(H3,23,24,25,26,27,28). The van der Waals surface area contributed by atoms with Gasteiger partial charge in [-0.25, -0.2) is 9.38 Å². The predicted molar refractivity (Wildman–Crippen MR) is 109 cm³/mol. The highest BCUT2D eigenvalue weighted by atomic mass is 35.5. The average molecular weight is 400 g/mol. The molecule has 0 unspecified atom stereocenters. The van der Waals surface area contributed by atoms with Crippen molar-refractivity contribution in [2.24, 2.45) is 4.99 Å². The minimum Gasteiger partial charge on any atom is -0.309 e. The highest BCUT2D eigenvalue weighted by Gasteiger charge is 2.12. The third-order valence-corrected chi connectivity index (χ3v) is 3.94. The van der Waals surface area contributed by atoms with E-state index in [1.165, 1.54) is 18.2 Å². The number of halogens is 2. The van der Waals surface area contributed by atoms with Gasteiger partial charge in [0, 0.05) is 22.7 Å². The molecule has 0 fully saturated rings. The Morgan fingerprint density at radius 2 is 1.93 bits per heavy atom. The molecule has 3 aromatic rings. The fourth-order valence-corrected chi connectivity index (χ4v) is 2.57. The molecule has 0 aliphatic carbocycles. The average Bonchev–Trinajstić information content (AvgIpc) is 3.10. The Labute approximate surface area is 166 Å². The normalized spacial score (nSPS) is 11.5. The topological polar surface area (TPSA) is 82.2 Å². The fourth-order valence-electron chi connectivity index (χ4n) is 2.45. The maximum Gasteiger partial charge on any atom is 0.258 e. The van der Waals surface area contributed by atoms with Crippen molar-refractivity contribution in [2.45, 2.75) is 19.9 Å². The van der Waals surface area contributed by atoms with Gasteiger partial charge in [-0.3, -0.25) is 15.2 Å². The number of amides is 1. The molecular weight excluding hydrogens is 381 g/mol. The van der Waals surface area contributed by atoms with Crippen LogP contribution >= 0.6 is 11.6 Å². The van der Waals surface area contributed by atoms with Gasteiger partial charge >= 0.3 is 0 Å². The molecule has 0 radical (unpaired) electrons. The van der Waals surface area contributed by atoms with Crippen molar-refractivity contribution in [1.82, 2.24) is 15.5 Å². The number of aliphatic imine (C=N–C) groups is 1. The van der Waals surface area contributed by atoms with Gasteiger partial charge in [0.05, 0.1) is 5.69 Å². The highest BCUT2D eigenvalue weighted by molar-refractivity contribution is 6.30. The van der Waals surface area contributed by atoms with Gasteiger partial charge in [0.15, 0.2) is 5.82 Å². The van der Waals surface area contributed by atoms with E-state index < -0.39 is 11.7 Å². The summed E-state index contributed by atoms with van der Waals surface area (Å²) in [5.74, 6) is -0.259. The summed E-state index contributed by atoms with van der Waals surface area (Å²) in [6.07, 6.45) is 0. The zero-order valence-corrected chi connectivity index (χ0v) is 16.1. The van der Waals surface area contributed by atoms with Crippen molar-refractivity contribution < 1.29 is 9.18 Å². The summed E-state index contributed by atoms with van der Waals surface area (Å²) >= 11 is 5.91. The summed E-state index contributed by atoms with van der Waals surface area (Å²) in [7, 11) is 0. The number of hydrogen-bond donors (Lipinski definition) is 3. The third kappa shape index (κ3) is 5.17. The number of aromatic nitrogens is 2. The van der Waals surface area contributed by atoms with Crippen molar-refractivity contribution in [2.75, 3.05) is 5.32 Å². The second kappa shape index (κ2) is 8.67. The molecule has 1 amide bonds. The Bertz CT molecular complexity index is 998. The van der Waals surface area contributed by atoms with Gasteiger partial charge in [0.2, 0.25) is 5.96 Å². The van der Waals surface area contributed by atoms with Crippen LogP contribution in [-0.4, -0.2) is 28.1 Å². The Kier molecular flexibility index (Phi) is 6.06. The van der Waals surface area contributed by atoms with Gasteiger partial charge in [-0.15, -0.1) is 0 Å². The van der Waals surface area contributed by atoms with Crippen LogP contribution in [0.1, 0.15) is 24.2 Å². The summed E-state index contributed by atoms with van der Waals surface area (Å²) in [6, 6.07) is 14.5. The van der Waals surface area contributed by atoms with Crippen LogP contribution in [0.15, 0.2) is 59.6 Å². The van der Waals surface area contributed by atoms with E-state index in [1.807, 2.05) is 26.0 Å². The van der Waals surface area contributed by atoms with Crippen molar-refractivity contribution in [3.05, 3.63) is 71.0 Å². The fraction of sp³-hybridized carbons (Fsp3) is 0.150. The number of nitrogens with zero attached hydrogens (tertiary/aromatic N) is 2. The van der Waals surface area contributed by atoms with Gasteiger partial charge in [-0.05, 0) is 49.7 Å². The number of aromatic amines is 1. The van der Waals surface area contributed by atoms with Crippen LogP contribution in [0.3, 0.4) is 0 Å². The first-order valence-corrected chi connectivity index (χ1v) is 9.01. The Morgan fingerprint density at radius 1 is 1.18 bits per heavy atom. The Morgan fingerprint density at radius 3 is 2.61 bits per heavy atom. The molecular formula is C20H19ClFN5O. The lowest BCUT2D eigenvalue weighted by atomic mass is 10.1. The Balaban J connectivity index is 1.76. The predicted octanol–water partition coefficient (Wildman–Crippen LogP) is 4.48. The number of anilines is 1. The van der Waals surface area contributed by atoms with E-state index in [0.29, 0.717) is 10.8 Å². The number of nitrogens with one attached hydrogen (secondary N) is 3. The van der Waals surface area contributed by atoms with Crippen LogP contribution in [-0.2, 0) is 0 Å². The minimum atomic E-state index is -0.483. The molecule has 0 aliphatic rings. The molecule has 0 saturated carbocycles. The first-order chi connectivity index (χ1) is 13.4. The van der Waals surface area contributed by atoms with Crippen molar-refractivity contribution in [3.63, 3.8) is 0 Å². The van der Waals surface area contributed by atoms with E-state index in [9.17, 15) is 9.18 Å². The molecule has 1 aromatic heterocycles. The van der Waals surface area contributed by atoms with Gasteiger partial charge in [0.1, 0.15) is 5.82 Å². The second-order valence-corrected chi connectivity index (χ2v) is 6.77. The molecule has 0 bridgehead atoms. The van der Waals surface area contributed by atoms with Gasteiger partial charge < -0.3 is 5.32 Å². The van der Waals surface area contributed by atoms with Crippen LogP contribution in [0.25, 0.3) is 11.3 Å². The highest BCUT2D eigenvalue weighted by Crippen LogP contribution is 2.21. The number of H-pyrrole nitrogens is 1. The lowest BCUT2D eigenvalue weighted by molar-refractivity contribution is 0.0976. The number of guanidine groups is 1. The largest absolute Gasteiger partial charge is 0.309 e. The zero-order valence-electron chi connectivity index (χ0n) is 15.3. The SMILES string of the molecule is CC(C)N=C(NC(=O)c1cccc(F)c1)Nc1cc(-c2ccc(Cl)cc2)[nH]n1. The number of benzene rings is 2. The molecule has 0 atom stereocenters. The molecule has 6 nitrogen and oxygen atoms in total. The van der Waals surface area contributed by atoms with Gasteiger partial charge in [-0.1, -0.05) is 29.8 Å². The molecule has 3 rings (SSSR count). The molecule has 144 valence electrons. The second-order valence-electron chi connectivity index (χ2n) is 6.33. The molecule has 3 N–H and O–H groups in total. The summed E-state index contributed by atoms with van der Waals surface area (Å²) in [5, 5.41) is 13.4. The maximum absolute atomic E-state index is 13.4. The first kappa shape index (κ1) is 19.6. The summed E-state index contributed by atoms with van der Waals surface area (Å²) in [5.41, 5.74) is 1.89. The van der Waals surface area contributed by atoms with E-state index in [2.05, 4.69) is 25.8 Å². The lowest BCUT2D eigenvalue weighted by Crippen LogP contribution is -2.36. The number of carbonyl (C=O) groups is 1. The van der Waals surface area contributed by atoms with Crippen LogP contribution < -0.4 is 10.6 Å². The number of rotatable bonds is 4. The monoisotopic (exact) mass is 399 g/mol. The van der Waals surface area contributed by atoms with Crippen LogP contribution in [0.5, 0.6) is 0 Å². The molecule has 28 heavy (non-hydrogen) atoms. The Hall–Kier alpha value is -3.19. The number of carbonyl (C=O) groups excluding carboxylic acids is 1. The van der Waals surface area contributed by atoms with Crippen LogP contribution in [0.4, 0.5) is 10.2 Å². The van der Waals surface area contributed by atoms with Crippen LogP contribution in [0.2, 0.25) is 5.02 Å². The molecule has 0 aliphatic heterocycles. The molecule has 0 spiro atoms. The van der Waals surface area contributed by atoms with E-state index >= 15 is 0 Å². The van der Waals surface area contributed by atoms with Crippen LogP contribution in [0, 0.1) is 5.82 Å². The first-order valence-electron chi connectivity index (χ1n) is 8.64. The van der Waals surface area contributed by atoms with E-state index in [0.717, 1.165) is 17.3 Å². The molecule has 0 saturated heterocycles. The van der Waals surface area contributed by atoms with E-state index in [1.54, 1.807) is 18.2 Å². The zero-order chi connectivity index (χ0) is 20.1. The number of hydrogen-bond acceptors (Lipinski definition) is 3. The van der Waals surface area contributed by atoms with Crippen molar-refractivity contribution >= 4 is 29.3 Å². The molecule has 8 heteroatoms. The van der Waals surface area contributed by atoms with E-state index in [-0.39, 0.29) is 17.6 Å². The smallest absolute Gasteiger partial charge is 0.258 e. The van der Waals surface area contributed by atoms with Gasteiger partial charge in [0.25, 0.3) is 5.91 Å². The lowest BCUT2D eigenvalue weighted by Gasteiger charge is -2.11. The molecule has 2 aromatic carbocycles. The minimum absolute atomic E-state index is 0.0787. The summed E-state index contributed by atoms with van der Waals surface area (Å²) < 4.78 is 13.4. The van der Waals surface area contributed by atoms with E-state index in [4.69, 9.17) is 11.6 Å². The van der Waals surface area contributed by atoms with Crippen molar-refractivity contribution in [3.8, 4) is 11.3 Å². The summed E-state index contributed by atoms with van der Waals surface area (Å²) in [4.78, 5) is 16.8. The summed E-state index contributed by atoms with van der Waals surface area (Å²) in [6.45, 7) is 3.75. The molecule has 1 heterocycles. The maximum atomic E-state index is 13.4. The van der Waals surface area contributed by atoms with Crippen molar-refractivity contribution in [1.29, 1.82) is 0 Å². The third-order valence-electron chi connectivity index (χ3n) is 3.69.